The predicted octanol–water partition coefficient (Wildman–Crippen LogP) is 2.54. The molecule has 0 bridgehead atoms. The fraction of sp³-hybridized carbons (Fsp3) is 0.500. The van der Waals surface area contributed by atoms with Crippen LogP contribution in [0.25, 0.3) is 0 Å². The van der Waals surface area contributed by atoms with Crippen molar-refractivity contribution in [2.75, 3.05) is 18.4 Å². The zero-order valence-corrected chi connectivity index (χ0v) is 12.3. The highest BCUT2D eigenvalue weighted by Gasteiger charge is 2.26. The number of amides is 2. The Kier molecular flexibility index (Phi) is 4.42. The normalized spacial score (nSPS) is 22.0. The number of nitro benzene ring substituents is 1. The van der Waals surface area contributed by atoms with Gasteiger partial charge in [0.2, 0.25) is 0 Å². The topological polar surface area (TPSA) is 84.7 Å². The van der Waals surface area contributed by atoms with Crippen LogP contribution in [0.5, 0.6) is 0 Å². The van der Waals surface area contributed by atoms with Crippen molar-refractivity contribution in [2.45, 2.75) is 33.0 Å². The number of carbonyl (C=O) groups is 1. The summed E-state index contributed by atoms with van der Waals surface area (Å²) in [5, 5.41) is 13.7. The van der Waals surface area contributed by atoms with E-state index in [1.54, 1.807) is 24.0 Å². The Morgan fingerprint density at radius 1 is 1.38 bits per heavy atom. The van der Waals surface area contributed by atoms with Crippen molar-refractivity contribution >= 4 is 17.4 Å². The third kappa shape index (κ3) is 3.49. The summed E-state index contributed by atoms with van der Waals surface area (Å²) in [6.07, 6.45) is -0.0450. The number of hydrogen-bond acceptors (Lipinski definition) is 4. The van der Waals surface area contributed by atoms with E-state index in [1.807, 2.05) is 13.8 Å². The second-order valence-electron chi connectivity index (χ2n) is 5.30. The zero-order chi connectivity index (χ0) is 15.6. The molecule has 7 nitrogen and oxygen atoms in total. The zero-order valence-electron chi connectivity index (χ0n) is 12.3. The fourth-order valence-corrected chi connectivity index (χ4v) is 2.49. The summed E-state index contributed by atoms with van der Waals surface area (Å²) in [6, 6.07) is 4.38. The van der Waals surface area contributed by atoms with E-state index >= 15 is 0 Å². The number of benzene rings is 1. The van der Waals surface area contributed by atoms with Crippen molar-refractivity contribution in [2.24, 2.45) is 0 Å². The molecule has 2 rings (SSSR count). The Bertz CT molecular complexity index is 551. The molecular formula is C14H19N3O4. The van der Waals surface area contributed by atoms with Gasteiger partial charge in [0, 0.05) is 19.2 Å². The molecule has 1 saturated heterocycles. The average molecular weight is 293 g/mol. The minimum absolute atomic E-state index is 0.00323. The molecule has 1 aliphatic rings. The van der Waals surface area contributed by atoms with Crippen molar-refractivity contribution in [3.05, 3.63) is 33.9 Å². The van der Waals surface area contributed by atoms with Gasteiger partial charge in [-0.05, 0) is 26.8 Å². The molecule has 0 saturated carbocycles. The van der Waals surface area contributed by atoms with E-state index < -0.39 is 4.92 Å². The first-order chi connectivity index (χ1) is 9.88. The highest BCUT2D eigenvalue weighted by Crippen LogP contribution is 2.25. The second-order valence-corrected chi connectivity index (χ2v) is 5.30. The van der Waals surface area contributed by atoms with E-state index in [4.69, 9.17) is 4.74 Å². The first-order valence-corrected chi connectivity index (χ1v) is 6.84. The van der Waals surface area contributed by atoms with Gasteiger partial charge in [0.25, 0.3) is 5.69 Å². The lowest BCUT2D eigenvalue weighted by Crippen LogP contribution is -2.49. The Hall–Kier alpha value is -2.15. The van der Waals surface area contributed by atoms with Gasteiger partial charge < -0.3 is 15.0 Å². The number of nitrogens with zero attached hydrogens (tertiary/aromatic N) is 2. The quantitative estimate of drug-likeness (QED) is 0.670. The van der Waals surface area contributed by atoms with Gasteiger partial charge in [0.1, 0.15) is 0 Å². The molecule has 0 spiro atoms. The van der Waals surface area contributed by atoms with Crippen LogP contribution in [-0.2, 0) is 4.74 Å². The molecular weight excluding hydrogens is 274 g/mol. The summed E-state index contributed by atoms with van der Waals surface area (Å²) in [6.45, 7) is 6.45. The van der Waals surface area contributed by atoms with Crippen LogP contribution in [0.15, 0.2) is 18.2 Å². The number of hydrogen-bond donors (Lipinski definition) is 1. The number of rotatable bonds is 2. The van der Waals surface area contributed by atoms with Crippen LogP contribution in [0.4, 0.5) is 16.2 Å². The summed E-state index contributed by atoms with van der Waals surface area (Å²) in [4.78, 5) is 24.4. The van der Waals surface area contributed by atoms with E-state index in [0.29, 0.717) is 24.3 Å². The lowest BCUT2D eigenvalue weighted by atomic mass is 10.1. The van der Waals surface area contributed by atoms with Gasteiger partial charge in [-0.15, -0.1) is 0 Å². The number of nitrogens with one attached hydrogen (secondary N) is 1. The third-order valence-corrected chi connectivity index (χ3v) is 3.45. The molecule has 0 radical (unpaired) electrons. The second kappa shape index (κ2) is 6.09. The van der Waals surface area contributed by atoms with Crippen LogP contribution < -0.4 is 5.32 Å². The van der Waals surface area contributed by atoms with Crippen LogP contribution in [0, 0.1) is 17.0 Å². The summed E-state index contributed by atoms with van der Waals surface area (Å²) in [5.74, 6) is 0. The highest BCUT2D eigenvalue weighted by atomic mass is 16.6. The van der Waals surface area contributed by atoms with Gasteiger partial charge >= 0.3 is 6.03 Å². The van der Waals surface area contributed by atoms with Gasteiger partial charge in [-0.2, -0.15) is 0 Å². The monoisotopic (exact) mass is 293 g/mol. The van der Waals surface area contributed by atoms with Gasteiger partial charge in [0.15, 0.2) is 0 Å². The molecule has 1 fully saturated rings. The van der Waals surface area contributed by atoms with E-state index in [-0.39, 0.29) is 23.9 Å². The molecule has 2 atom stereocenters. The van der Waals surface area contributed by atoms with Crippen LogP contribution >= 0.6 is 0 Å². The number of ether oxygens (including phenoxy) is 1. The molecule has 1 aromatic rings. The Morgan fingerprint density at radius 2 is 2.00 bits per heavy atom. The van der Waals surface area contributed by atoms with Crippen molar-refractivity contribution < 1.29 is 14.5 Å². The summed E-state index contributed by atoms with van der Waals surface area (Å²) in [5.41, 5.74) is 0.905. The maximum atomic E-state index is 12.3. The number of carbonyl (C=O) groups excluding carboxylic acids is 1. The minimum atomic E-state index is -0.454. The molecule has 1 N–H and O–H groups in total. The Morgan fingerprint density at radius 3 is 2.57 bits per heavy atom. The van der Waals surface area contributed by atoms with Crippen molar-refractivity contribution in [1.82, 2.24) is 4.90 Å². The molecule has 1 heterocycles. The maximum Gasteiger partial charge on any atom is 0.322 e. The largest absolute Gasteiger partial charge is 0.372 e. The maximum absolute atomic E-state index is 12.3. The Balaban J connectivity index is 2.13. The number of anilines is 1. The lowest BCUT2D eigenvalue weighted by molar-refractivity contribution is -0.385. The lowest BCUT2D eigenvalue weighted by Gasteiger charge is -2.35. The summed E-state index contributed by atoms with van der Waals surface area (Å²) in [7, 11) is 0. The number of nitro groups is 1. The average Bonchev–Trinajstić information content (AvgIpc) is 2.39. The van der Waals surface area contributed by atoms with E-state index in [0.717, 1.165) is 0 Å². The van der Waals surface area contributed by atoms with Crippen LogP contribution in [-0.4, -0.2) is 41.2 Å². The van der Waals surface area contributed by atoms with Gasteiger partial charge in [0.05, 0.1) is 28.4 Å². The minimum Gasteiger partial charge on any atom is -0.372 e. The van der Waals surface area contributed by atoms with Gasteiger partial charge in [-0.1, -0.05) is 6.07 Å². The third-order valence-electron chi connectivity index (χ3n) is 3.45. The first kappa shape index (κ1) is 15.2. The van der Waals surface area contributed by atoms with Crippen LogP contribution in [0.3, 0.4) is 0 Å². The Labute approximate surface area is 123 Å². The summed E-state index contributed by atoms with van der Waals surface area (Å²) >= 11 is 0. The molecule has 114 valence electrons. The van der Waals surface area contributed by atoms with Crippen LogP contribution in [0.1, 0.15) is 19.4 Å². The van der Waals surface area contributed by atoms with E-state index in [2.05, 4.69) is 5.32 Å². The molecule has 2 amide bonds. The molecule has 0 unspecified atom stereocenters. The molecule has 1 aliphatic heterocycles. The predicted molar refractivity (Wildman–Crippen MR) is 78.4 cm³/mol. The highest BCUT2D eigenvalue weighted by molar-refractivity contribution is 5.90. The van der Waals surface area contributed by atoms with Crippen LogP contribution in [0.2, 0.25) is 0 Å². The standard InChI is InChI=1S/C14H19N3O4/c1-9-7-16(8-10(2)21-9)14(18)15-12-5-4-6-13(11(12)3)17(19)20/h4-6,9-10H,7-8H2,1-3H3,(H,15,18)/t9-,10+. The SMILES string of the molecule is Cc1c(NC(=O)N2C[C@@H](C)O[C@@H](C)C2)cccc1[N+](=O)[O-]. The van der Waals surface area contributed by atoms with E-state index in [1.165, 1.54) is 6.07 Å². The molecule has 21 heavy (non-hydrogen) atoms. The van der Waals surface area contributed by atoms with Crippen molar-refractivity contribution in [3.8, 4) is 0 Å². The molecule has 7 heteroatoms. The first-order valence-electron chi connectivity index (χ1n) is 6.84. The van der Waals surface area contributed by atoms with Gasteiger partial charge in [-0.25, -0.2) is 4.79 Å². The van der Waals surface area contributed by atoms with E-state index in [9.17, 15) is 14.9 Å². The smallest absolute Gasteiger partial charge is 0.322 e. The van der Waals surface area contributed by atoms with Crippen molar-refractivity contribution in [1.29, 1.82) is 0 Å². The van der Waals surface area contributed by atoms with Gasteiger partial charge in [-0.3, -0.25) is 10.1 Å². The summed E-state index contributed by atoms with van der Waals surface area (Å²) < 4.78 is 5.58. The van der Waals surface area contributed by atoms with Crippen molar-refractivity contribution in [3.63, 3.8) is 0 Å². The fourth-order valence-electron chi connectivity index (χ4n) is 2.49. The number of urea groups is 1. The molecule has 0 aromatic heterocycles. The molecule has 0 aliphatic carbocycles. The molecule has 1 aromatic carbocycles. The number of morpholine rings is 1.